The van der Waals surface area contributed by atoms with E-state index < -0.39 is 0 Å². The Balaban J connectivity index is 1.95. The molecule has 3 nitrogen and oxygen atoms in total. The molecule has 0 amide bonds. The summed E-state index contributed by atoms with van der Waals surface area (Å²) >= 11 is 5.95. The fraction of sp³-hybridized carbons (Fsp3) is 0.538. The van der Waals surface area contributed by atoms with Crippen LogP contribution in [0, 0.1) is 5.92 Å². The number of aliphatic hydroxyl groups excluding tert-OH is 1. The van der Waals surface area contributed by atoms with Crippen molar-refractivity contribution in [3.63, 3.8) is 0 Å². The molecule has 0 saturated heterocycles. The number of hydrogen-bond donors (Lipinski definition) is 3. The molecule has 1 aliphatic carbocycles. The Labute approximate surface area is 107 Å². The van der Waals surface area contributed by atoms with Crippen molar-refractivity contribution in [3.8, 4) is 0 Å². The minimum atomic E-state index is -0.184. The summed E-state index contributed by atoms with van der Waals surface area (Å²) < 4.78 is 0. The van der Waals surface area contributed by atoms with Gasteiger partial charge in [0, 0.05) is 12.5 Å². The minimum absolute atomic E-state index is 0.184. The van der Waals surface area contributed by atoms with Crippen LogP contribution in [0.2, 0.25) is 5.02 Å². The predicted octanol–water partition coefficient (Wildman–Crippen LogP) is 2.89. The molecule has 0 aliphatic heterocycles. The summed E-state index contributed by atoms with van der Waals surface area (Å²) in [7, 11) is 0. The van der Waals surface area contributed by atoms with Crippen LogP contribution in [0.5, 0.6) is 0 Å². The van der Waals surface area contributed by atoms with Gasteiger partial charge in [-0.25, -0.2) is 0 Å². The molecule has 1 aromatic rings. The highest BCUT2D eigenvalue weighted by Crippen LogP contribution is 2.29. The topological polar surface area (TPSA) is 58.3 Å². The summed E-state index contributed by atoms with van der Waals surface area (Å²) in [6.45, 7) is 0.756. The second kappa shape index (κ2) is 5.61. The molecule has 17 heavy (non-hydrogen) atoms. The quantitative estimate of drug-likeness (QED) is 0.727. The second-order valence-corrected chi connectivity index (χ2v) is 5.10. The number of anilines is 2. The maximum atomic E-state index is 9.87. The van der Waals surface area contributed by atoms with Gasteiger partial charge in [0.05, 0.1) is 22.5 Å². The van der Waals surface area contributed by atoms with Crippen LogP contribution in [0.15, 0.2) is 18.2 Å². The molecule has 2 atom stereocenters. The summed E-state index contributed by atoms with van der Waals surface area (Å²) in [5, 5.41) is 13.7. The molecular formula is C13H19ClN2O. The summed E-state index contributed by atoms with van der Waals surface area (Å²) in [6, 6.07) is 5.56. The first-order valence-corrected chi connectivity index (χ1v) is 6.52. The molecule has 1 aliphatic rings. The zero-order valence-corrected chi connectivity index (χ0v) is 10.6. The zero-order valence-electron chi connectivity index (χ0n) is 9.82. The van der Waals surface area contributed by atoms with Crippen molar-refractivity contribution < 1.29 is 5.11 Å². The average molecular weight is 255 g/mol. The molecule has 2 rings (SSSR count). The Morgan fingerprint density at radius 2 is 2.12 bits per heavy atom. The number of nitrogen functional groups attached to an aromatic ring is 1. The lowest BCUT2D eigenvalue weighted by Gasteiger charge is -2.28. The molecule has 0 spiro atoms. The summed E-state index contributed by atoms with van der Waals surface area (Å²) in [5.41, 5.74) is 7.32. The fourth-order valence-corrected chi connectivity index (χ4v) is 2.53. The highest BCUT2D eigenvalue weighted by Gasteiger charge is 2.22. The van der Waals surface area contributed by atoms with E-state index >= 15 is 0 Å². The van der Waals surface area contributed by atoms with Gasteiger partial charge in [0.1, 0.15) is 0 Å². The Hall–Kier alpha value is -0.930. The van der Waals surface area contributed by atoms with Gasteiger partial charge < -0.3 is 16.2 Å². The van der Waals surface area contributed by atoms with E-state index in [0.29, 0.717) is 16.6 Å². The molecule has 4 heteroatoms. The summed E-state index contributed by atoms with van der Waals surface area (Å²) in [4.78, 5) is 0. The number of para-hydroxylation sites is 1. The van der Waals surface area contributed by atoms with Crippen LogP contribution in [0.4, 0.5) is 11.4 Å². The van der Waals surface area contributed by atoms with Crippen molar-refractivity contribution in [2.45, 2.75) is 31.8 Å². The lowest BCUT2D eigenvalue weighted by molar-refractivity contribution is 0.0763. The molecule has 94 valence electrons. The first kappa shape index (κ1) is 12.5. The van der Waals surface area contributed by atoms with Crippen LogP contribution in [-0.4, -0.2) is 17.8 Å². The zero-order chi connectivity index (χ0) is 12.3. The molecule has 1 aromatic carbocycles. The molecule has 0 heterocycles. The molecule has 0 aromatic heterocycles. The lowest BCUT2D eigenvalue weighted by Crippen LogP contribution is -2.30. The number of rotatable bonds is 3. The molecule has 1 fully saturated rings. The van der Waals surface area contributed by atoms with E-state index in [0.717, 1.165) is 31.5 Å². The molecule has 4 N–H and O–H groups in total. The monoisotopic (exact) mass is 254 g/mol. The van der Waals surface area contributed by atoms with Crippen LogP contribution >= 0.6 is 11.6 Å². The normalized spacial score (nSPS) is 24.6. The Morgan fingerprint density at radius 1 is 1.35 bits per heavy atom. The number of nitrogens with one attached hydrogen (secondary N) is 1. The Morgan fingerprint density at radius 3 is 2.88 bits per heavy atom. The maximum absolute atomic E-state index is 9.87. The van der Waals surface area contributed by atoms with Gasteiger partial charge in [-0.05, 0) is 25.0 Å². The number of aliphatic hydroxyl groups is 1. The van der Waals surface area contributed by atoms with Crippen molar-refractivity contribution in [2.24, 2.45) is 5.92 Å². The van der Waals surface area contributed by atoms with Gasteiger partial charge in [-0.3, -0.25) is 0 Å². The minimum Gasteiger partial charge on any atom is -0.396 e. The van der Waals surface area contributed by atoms with Gasteiger partial charge in [-0.2, -0.15) is 0 Å². The van der Waals surface area contributed by atoms with E-state index in [1.54, 1.807) is 6.07 Å². The molecule has 0 bridgehead atoms. The SMILES string of the molecule is Nc1c(Cl)cccc1NCC1CCCCC1O. The van der Waals surface area contributed by atoms with Crippen LogP contribution in [0.1, 0.15) is 25.7 Å². The Kier molecular flexibility index (Phi) is 4.13. The van der Waals surface area contributed by atoms with Crippen LogP contribution in [-0.2, 0) is 0 Å². The fourth-order valence-electron chi connectivity index (χ4n) is 2.36. The van der Waals surface area contributed by atoms with E-state index in [1.165, 1.54) is 6.42 Å². The van der Waals surface area contributed by atoms with E-state index in [1.807, 2.05) is 12.1 Å². The maximum Gasteiger partial charge on any atom is 0.0739 e. The molecule has 2 unspecified atom stereocenters. The van der Waals surface area contributed by atoms with E-state index in [4.69, 9.17) is 17.3 Å². The van der Waals surface area contributed by atoms with Gasteiger partial charge in [0.15, 0.2) is 0 Å². The van der Waals surface area contributed by atoms with Gasteiger partial charge in [0.2, 0.25) is 0 Å². The smallest absolute Gasteiger partial charge is 0.0739 e. The molecule has 0 radical (unpaired) electrons. The van der Waals surface area contributed by atoms with Crippen LogP contribution in [0.3, 0.4) is 0 Å². The van der Waals surface area contributed by atoms with Crippen molar-refractivity contribution in [1.82, 2.24) is 0 Å². The third-order valence-electron chi connectivity index (χ3n) is 3.48. The standard InChI is InChI=1S/C13H19ClN2O/c14-10-5-3-6-11(13(10)15)16-8-9-4-1-2-7-12(9)17/h3,5-6,9,12,16-17H,1-2,4,7-8,15H2. The third kappa shape index (κ3) is 3.05. The van der Waals surface area contributed by atoms with Crippen molar-refractivity contribution in [2.75, 3.05) is 17.6 Å². The molecule has 1 saturated carbocycles. The van der Waals surface area contributed by atoms with Gasteiger partial charge in [0.25, 0.3) is 0 Å². The van der Waals surface area contributed by atoms with Crippen molar-refractivity contribution >= 4 is 23.0 Å². The third-order valence-corrected chi connectivity index (χ3v) is 3.81. The van der Waals surface area contributed by atoms with E-state index in [9.17, 15) is 5.11 Å². The first-order chi connectivity index (χ1) is 8.18. The average Bonchev–Trinajstić information content (AvgIpc) is 2.33. The predicted molar refractivity (Wildman–Crippen MR) is 72.3 cm³/mol. The summed E-state index contributed by atoms with van der Waals surface area (Å²) in [5.74, 6) is 0.321. The molecular weight excluding hydrogens is 236 g/mol. The van der Waals surface area contributed by atoms with Gasteiger partial charge >= 0.3 is 0 Å². The largest absolute Gasteiger partial charge is 0.396 e. The van der Waals surface area contributed by atoms with Gasteiger partial charge in [-0.15, -0.1) is 0 Å². The van der Waals surface area contributed by atoms with Crippen molar-refractivity contribution in [3.05, 3.63) is 23.2 Å². The Bertz CT molecular complexity index is 384. The van der Waals surface area contributed by atoms with Gasteiger partial charge in [-0.1, -0.05) is 30.5 Å². The van der Waals surface area contributed by atoms with E-state index in [-0.39, 0.29) is 6.10 Å². The van der Waals surface area contributed by atoms with Crippen molar-refractivity contribution in [1.29, 1.82) is 0 Å². The highest BCUT2D eigenvalue weighted by molar-refractivity contribution is 6.33. The lowest BCUT2D eigenvalue weighted by atomic mass is 9.86. The van der Waals surface area contributed by atoms with E-state index in [2.05, 4.69) is 5.32 Å². The number of halogens is 1. The van der Waals surface area contributed by atoms with Crippen LogP contribution in [0.25, 0.3) is 0 Å². The first-order valence-electron chi connectivity index (χ1n) is 6.14. The highest BCUT2D eigenvalue weighted by atomic mass is 35.5. The number of benzene rings is 1. The number of hydrogen-bond acceptors (Lipinski definition) is 3. The summed E-state index contributed by atoms with van der Waals surface area (Å²) in [6.07, 6.45) is 4.15. The second-order valence-electron chi connectivity index (χ2n) is 4.69. The van der Waals surface area contributed by atoms with Crippen LogP contribution < -0.4 is 11.1 Å². The number of nitrogens with two attached hydrogens (primary N) is 1.